The first-order valence-electron chi connectivity index (χ1n) is 6.04. The molecule has 1 amide bonds. The zero-order chi connectivity index (χ0) is 13.5. The summed E-state index contributed by atoms with van der Waals surface area (Å²) in [6.45, 7) is 5.84. The molecule has 1 aromatic carbocycles. The van der Waals surface area contributed by atoms with Crippen molar-refractivity contribution in [3.63, 3.8) is 0 Å². The highest BCUT2D eigenvalue weighted by Crippen LogP contribution is 2.17. The van der Waals surface area contributed by atoms with E-state index in [1.54, 1.807) is 0 Å². The molecule has 18 heavy (non-hydrogen) atoms. The van der Waals surface area contributed by atoms with Crippen molar-refractivity contribution in [2.45, 2.75) is 33.2 Å². The molecule has 1 unspecified atom stereocenters. The van der Waals surface area contributed by atoms with Gasteiger partial charge in [-0.1, -0.05) is 12.1 Å². The van der Waals surface area contributed by atoms with E-state index in [9.17, 15) is 9.59 Å². The molecule has 0 aliphatic rings. The van der Waals surface area contributed by atoms with E-state index in [0.29, 0.717) is 6.61 Å². The van der Waals surface area contributed by atoms with Crippen LogP contribution in [-0.2, 0) is 9.59 Å². The Hall–Kier alpha value is -1.84. The SMILES string of the molecule is CCOc1ccc(C(C)NC(=O)CC(C)=O)cc1. The monoisotopic (exact) mass is 249 g/mol. The second-order valence-corrected chi connectivity index (χ2v) is 4.17. The molecule has 4 nitrogen and oxygen atoms in total. The van der Waals surface area contributed by atoms with Crippen molar-refractivity contribution in [2.24, 2.45) is 0 Å². The van der Waals surface area contributed by atoms with Gasteiger partial charge in [0.25, 0.3) is 0 Å². The quantitative estimate of drug-likeness (QED) is 0.787. The van der Waals surface area contributed by atoms with Crippen molar-refractivity contribution in [1.29, 1.82) is 0 Å². The maximum absolute atomic E-state index is 11.5. The van der Waals surface area contributed by atoms with Crippen LogP contribution in [0.25, 0.3) is 0 Å². The third kappa shape index (κ3) is 4.57. The van der Waals surface area contributed by atoms with Crippen LogP contribution in [0.1, 0.15) is 38.8 Å². The molecule has 1 atom stereocenters. The van der Waals surface area contributed by atoms with Gasteiger partial charge in [0.1, 0.15) is 11.5 Å². The summed E-state index contributed by atoms with van der Waals surface area (Å²) in [4.78, 5) is 22.3. The Morgan fingerprint density at radius 1 is 1.28 bits per heavy atom. The Morgan fingerprint density at radius 3 is 2.39 bits per heavy atom. The largest absolute Gasteiger partial charge is 0.494 e. The zero-order valence-corrected chi connectivity index (χ0v) is 11.0. The van der Waals surface area contributed by atoms with Crippen LogP contribution in [0.5, 0.6) is 5.75 Å². The molecule has 1 aromatic rings. The van der Waals surface area contributed by atoms with Gasteiger partial charge in [-0.2, -0.15) is 0 Å². The number of carbonyl (C=O) groups is 2. The number of nitrogens with one attached hydrogen (secondary N) is 1. The zero-order valence-electron chi connectivity index (χ0n) is 11.0. The van der Waals surface area contributed by atoms with E-state index in [1.165, 1.54) is 6.92 Å². The maximum Gasteiger partial charge on any atom is 0.227 e. The first-order chi connectivity index (χ1) is 8.52. The van der Waals surface area contributed by atoms with E-state index < -0.39 is 0 Å². The Bertz CT molecular complexity index is 412. The van der Waals surface area contributed by atoms with Gasteiger partial charge in [-0.25, -0.2) is 0 Å². The molecule has 0 aliphatic carbocycles. The molecule has 1 rings (SSSR count). The normalized spacial score (nSPS) is 11.7. The average molecular weight is 249 g/mol. The predicted molar refractivity (Wildman–Crippen MR) is 69.5 cm³/mol. The van der Waals surface area contributed by atoms with Crippen LogP contribution in [0, 0.1) is 0 Å². The Morgan fingerprint density at radius 2 is 1.89 bits per heavy atom. The first-order valence-corrected chi connectivity index (χ1v) is 6.04. The molecule has 0 spiro atoms. The fourth-order valence-electron chi connectivity index (χ4n) is 1.62. The van der Waals surface area contributed by atoms with Gasteiger partial charge in [0.2, 0.25) is 5.91 Å². The van der Waals surface area contributed by atoms with Gasteiger partial charge in [-0.05, 0) is 38.5 Å². The van der Waals surface area contributed by atoms with Crippen LogP contribution in [0.2, 0.25) is 0 Å². The molecule has 0 fully saturated rings. The third-order valence-electron chi connectivity index (χ3n) is 2.48. The summed E-state index contributed by atoms with van der Waals surface area (Å²) in [5.41, 5.74) is 0.982. The van der Waals surface area contributed by atoms with Crippen molar-refractivity contribution >= 4 is 11.7 Å². The van der Waals surface area contributed by atoms with E-state index in [1.807, 2.05) is 38.1 Å². The second kappa shape index (κ2) is 6.79. The van der Waals surface area contributed by atoms with Crippen LogP contribution >= 0.6 is 0 Å². The summed E-state index contributed by atoms with van der Waals surface area (Å²) >= 11 is 0. The number of Topliss-reactive ketones (excluding diaryl/α,β-unsaturated/α-hetero) is 1. The van der Waals surface area contributed by atoms with Gasteiger partial charge in [0.15, 0.2) is 0 Å². The lowest BCUT2D eigenvalue weighted by Crippen LogP contribution is -2.27. The molecular weight excluding hydrogens is 230 g/mol. The van der Waals surface area contributed by atoms with Crippen molar-refractivity contribution < 1.29 is 14.3 Å². The molecule has 0 aromatic heterocycles. The molecular formula is C14H19NO3. The standard InChI is InChI=1S/C14H19NO3/c1-4-18-13-7-5-12(6-8-13)11(3)15-14(17)9-10(2)16/h5-8,11H,4,9H2,1-3H3,(H,15,17). The molecule has 0 radical (unpaired) electrons. The lowest BCUT2D eigenvalue weighted by Gasteiger charge is -2.14. The second-order valence-electron chi connectivity index (χ2n) is 4.17. The van der Waals surface area contributed by atoms with E-state index in [-0.39, 0.29) is 24.2 Å². The topological polar surface area (TPSA) is 55.4 Å². The third-order valence-corrected chi connectivity index (χ3v) is 2.48. The minimum Gasteiger partial charge on any atom is -0.494 e. The first kappa shape index (κ1) is 14.2. The summed E-state index contributed by atoms with van der Waals surface area (Å²) in [5, 5.41) is 2.78. The smallest absolute Gasteiger partial charge is 0.227 e. The van der Waals surface area contributed by atoms with Gasteiger partial charge < -0.3 is 10.1 Å². The van der Waals surface area contributed by atoms with Crippen molar-refractivity contribution in [2.75, 3.05) is 6.61 Å². The minimum absolute atomic E-state index is 0.0681. The lowest BCUT2D eigenvalue weighted by atomic mass is 10.1. The number of hydrogen-bond acceptors (Lipinski definition) is 3. The number of benzene rings is 1. The van der Waals surface area contributed by atoms with E-state index in [4.69, 9.17) is 4.74 Å². The summed E-state index contributed by atoms with van der Waals surface area (Å²) in [6.07, 6.45) is -0.0681. The maximum atomic E-state index is 11.5. The van der Waals surface area contributed by atoms with Crippen LogP contribution in [0.15, 0.2) is 24.3 Å². The number of amides is 1. The summed E-state index contributed by atoms with van der Waals surface area (Å²) < 4.78 is 5.34. The van der Waals surface area contributed by atoms with Gasteiger partial charge in [0, 0.05) is 0 Å². The highest BCUT2D eigenvalue weighted by atomic mass is 16.5. The van der Waals surface area contributed by atoms with E-state index in [2.05, 4.69) is 5.32 Å². The number of carbonyl (C=O) groups excluding carboxylic acids is 2. The van der Waals surface area contributed by atoms with Crippen molar-refractivity contribution in [3.8, 4) is 5.75 Å². The number of hydrogen-bond donors (Lipinski definition) is 1. The van der Waals surface area contributed by atoms with Crippen LogP contribution in [0.3, 0.4) is 0 Å². The van der Waals surface area contributed by atoms with Crippen molar-refractivity contribution in [3.05, 3.63) is 29.8 Å². The minimum atomic E-state index is -0.246. The molecule has 0 bridgehead atoms. The predicted octanol–water partition coefficient (Wildman–Crippen LogP) is 2.24. The van der Waals surface area contributed by atoms with Gasteiger partial charge in [0.05, 0.1) is 19.1 Å². The lowest BCUT2D eigenvalue weighted by molar-refractivity contribution is -0.127. The average Bonchev–Trinajstić information content (AvgIpc) is 2.29. The number of ketones is 1. The van der Waals surface area contributed by atoms with Crippen LogP contribution in [-0.4, -0.2) is 18.3 Å². The summed E-state index contributed by atoms with van der Waals surface area (Å²) in [7, 11) is 0. The molecule has 0 saturated heterocycles. The van der Waals surface area contributed by atoms with E-state index >= 15 is 0 Å². The van der Waals surface area contributed by atoms with Gasteiger partial charge in [-0.15, -0.1) is 0 Å². The fourth-order valence-corrected chi connectivity index (χ4v) is 1.62. The number of ether oxygens (including phenoxy) is 1. The van der Waals surface area contributed by atoms with Gasteiger partial charge in [-0.3, -0.25) is 9.59 Å². The summed E-state index contributed by atoms with van der Waals surface area (Å²) in [5.74, 6) is 0.429. The fraction of sp³-hybridized carbons (Fsp3) is 0.429. The van der Waals surface area contributed by atoms with Crippen LogP contribution < -0.4 is 10.1 Å². The highest BCUT2D eigenvalue weighted by Gasteiger charge is 2.10. The highest BCUT2D eigenvalue weighted by molar-refractivity contribution is 5.96. The van der Waals surface area contributed by atoms with Crippen LogP contribution in [0.4, 0.5) is 0 Å². The summed E-state index contributed by atoms with van der Waals surface area (Å²) in [6, 6.07) is 7.43. The number of rotatable bonds is 6. The van der Waals surface area contributed by atoms with E-state index in [0.717, 1.165) is 11.3 Å². The Balaban J connectivity index is 2.58. The molecule has 0 heterocycles. The molecule has 98 valence electrons. The van der Waals surface area contributed by atoms with Crippen molar-refractivity contribution in [1.82, 2.24) is 5.32 Å². The molecule has 0 saturated carbocycles. The Kier molecular flexibility index (Phi) is 5.36. The molecule has 1 N–H and O–H groups in total. The Labute approximate surface area is 107 Å². The van der Waals surface area contributed by atoms with Gasteiger partial charge >= 0.3 is 0 Å². The molecule has 4 heteroatoms. The molecule has 0 aliphatic heterocycles.